The fourth-order valence-electron chi connectivity index (χ4n) is 2.00. The lowest BCUT2D eigenvalue weighted by Gasteiger charge is -2.15. The van der Waals surface area contributed by atoms with E-state index in [0.29, 0.717) is 0 Å². The van der Waals surface area contributed by atoms with Gasteiger partial charge in [0.15, 0.2) is 0 Å². The highest BCUT2D eigenvalue weighted by atomic mass is 16.5. The minimum absolute atomic E-state index is 0.227. The number of nitrogens with zero attached hydrogens (tertiary/aromatic N) is 1. The molecule has 0 saturated carbocycles. The molecule has 1 heterocycles. The topological polar surface area (TPSA) is 61.8 Å². The first kappa shape index (κ1) is 13.3. The second-order valence-electron chi connectivity index (χ2n) is 4.21. The first-order valence-corrected chi connectivity index (χ1v) is 5.94. The van der Waals surface area contributed by atoms with Gasteiger partial charge in [0.1, 0.15) is 0 Å². The third kappa shape index (κ3) is 4.81. The van der Waals surface area contributed by atoms with Gasteiger partial charge in [-0.05, 0) is 32.2 Å². The molecule has 94 valence electrons. The summed E-state index contributed by atoms with van der Waals surface area (Å²) in [6, 6.07) is 0.227. The van der Waals surface area contributed by atoms with Gasteiger partial charge in [-0.25, -0.2) is 4.79 Å². The summed E-state index contributed by atoms with van der Waals surface area (Å²) < 4.78 is 4.56. The summed E-state index contributed by atoms with van der Waals surface area (Å²) in [4.78, 5) is 13.3. The van der Waals surface area contributed by atoms with Crippen molar-refractivity contribution >= 4 is 6.09 Å². The smallest absolute Gasteiger partial charge is 0.407 e. The van der Waals surface area contributed by atoms with Crippen molar-refractivity contribution in [2.75, 3.05) is 33.4 Å². The molecule has 1 amide bonds. The van der Waals surface area contributed by atoms with Crippen LogP contribution in [0.3, 0.4) is 0 Å². The number of ether oxygens (including phenoxy) is 1. The summed E-state index contributed by atoms with van der Waals surface area (Å²) in [5.41, 5.74) is 0. The van der Waals surface area contributed by atoms with Gasteiger partial charge in [0, 0.05) is 25.7 Å². The number of carbonyl (C=O) groups is 1. The molecule has 0 aromatic carbocycles. The van der Waals surface area contributed by atoms with Gasteiger partial charge in [0.25, 0.3) is 0 Å². The average Bonchev–Trinajstić information content (AvgIpc) is 2.72. The van der Waals surface area contributed by atoms with Gasteiger partial charge in [0.2, 0.25) is 0 Å². The van der Waals surface area contributed by atoms with Crippen molar-refractivity contribution in [3.8, 4) is 0 Å². The highest BCUT2D eigenvalue weighted by molar-refractivity contribution is 5.67. The maximum absolute atomic E-state index is 11.0. The van der Waals surface area contributed by atoms with Crippen molar-refractivity contribution < 1.29 is 14.6 Å². The number of methoxy groups -OCH3 is 1. The average molecular weight is 230 g/mol. The molecule has 16 heavy (non-hydrogen) atoms. The highest BCUT2D eigenvalue weighted by Gasteiger charge is 2.23. The second kappa shape index (κ2) is 7.46. The van der Waals surface area contributed by atoms with Crippen LogP contribution in [0.25, 0.3) is 0 Å². The largest absolute Gasteiger partial charge is 0.453 e. The number of unbranched alkanes of at least 4 members (excludes halogenated alkanes) is 2. The summed E-state index contributed by atoms with van der Waals surface area (Å²) in [7, 11) is 1.39. The maximum atomic E-state index is 11.0. The van der Waals surface area contributed by atoms with E-state index in [2.05, 4.69) is 15.0 Å². The molecule has 0 radical (unpaired) electrons. The van der Waals surface area contributed by atoms with Crippen LogP contribution in [0.15, 0.2) is 0 Å². The van der Waals surface area contributed by atoms with Crippen molar-refractivity contribution in [1.29, 1.82) is 0 Å². The molecule has 1 saturated heterocycles. The molecule has 5 heteroatoms. The molecule has 1 aliphatic heterocycles. The van der Waals surface area contributed by atoms with E-state index in [-0.39, 0.29) is 18.7 Å². The Bertz CT molecular complexity index is 211. The molecule has 1 atom stereocenters. The van der Waals surface area contributed by atoms with E-state index in [0.717, 1.165) is 45.3 Å². The Balaban J connectivity index is 2.07. The molecule has 1 fully saturated rings. The lowest BCUT2D eigenvalue weighted by molar-refractivity contribution is 0.166. The van der Waals surface area contributed by atoms with Crippen molar-refractivity contribution in [3.63, 3.8) is 0 Å². The third-order valence-corrected chi connectivity index (χ3v) is 2.91. The van der Waals surface area contributed by atoms with Gasteiger partial charge in [-0.3, -0.25) is 0 Å². The fraction of sp³-hybridized carbons (Fsp3) is 0.909. The number of aliphatic hydroxyl groups is 1. The Hall–Kier alpha value is -0.810. The zero-order valence-electron chi connectivity index (χ0n) is 9.95. The van der Waals surface area contributed by atoms with Crippen LogP contribution in [-0.2, 0) is 4.74 Å². The van der Waals surface area contributed by atoms with Crippen LogP contribution in [-0.4, -0.2) is 55.5 Å². The number of alkyl carbamates (subject to hydrolysis) is 1. The number of likely N-dealkylation sites (tertiary alicyclic amines) is 1. The Kier molecular flexibility index (Phi) is 6.18. The predicted octanol–water partition coefficient (Wildman–Crippen LogP) is 0.579. The number of rotatable bonds is 6. The zero-order valence-corrected chi connectivity index (χ0v) is 9.95. The summed E-state index contributed by atoms with van der Waals surface area (Å²) in [5, 5.41) is 11.5. The van der Waals surface area contributed by atoms with E-state index in [1.165, 1.54) is 7.11 Å². The third-order valence-electron chi connectivity index (χ3n) is 2.91. The fourth-order valence-corrected chi connectivity index (χ4v) is 2.00. The molecule has 2 N–H and O–H groups in total. The first-order valence-electron chi connectivity index (χ1n) is 5.94. The molecule has 0 aromatic rings. The van der Waals surface area contributed by atoms with Gasteiger partial charge in [0.05, 0.1) is 7.11 Å². The number of hydrogen-bond donors (Lipinski definition) is 2. The van der Waals surface area contributed by atoms with Crippen LogP contribution >= 0.6 is 0 Å². The van der Waals surface area contributed by atoms with Crippen molar-refractivity contribution in [2.45, 2.75) is 31.7 Å². The number of carbonyl (C=O) groups excluding carboxylic acids is 1. The van der Waals surface area contributed by atoms with Crippen LogP contribution in [0.2, 0.25) is 0 Å². The van der Waals surface area contributed by atoms with Gasteiger partial charge in [-0.2, -0.15) is 0 Å². The molecular formula is C11H22N2O3. The van der Waals surface area contributed by atoms with Gasteiger partial charge in [-0.15, -0.1) is 0 Å². The molecule has 0 spiro atoms. The van der Waals surface area contributed by atoms with E-state index in [1.54, 1.807) is 0 Å². The minimum atomic E-state index is -0.341. The van der Waals surface area contributed by atoms with Crippen molar-refractivity contribution in [2.24, 2.45) is 0 Å². The van der Waals surface area contributed by atoms with E-state index >= 15 is 0 Å². The summed E-state index contributed by atoms with van der Waals surface area (Å²) in [5.74, 6) is 0. The van der Waals surface area contributed by atoms with Crippen LogP contribution in [0, 0.1) is 0 Å². The lowest BCUT2D eigenvalue weighted by Crippen LogP contribution is -2.37. The van der Waals surface area contributed by atoms with E-state index < -0.39 is 0 Å². The Labute approximate surface area is 96.8 Å². The number of hydrogen-bond acceptors (Lipinski definition) is 4. The van der Waals surface area contributed by atoms with E-state index in [4.69, 9.17) is 5.11 Å². The Morgan fingerprint density at radius 3 is 3.00 bits per heavy atom. The maximum Gasteiger partial charge on any atom is 0.407 e. The number of amides is 1. The minimum Gasteiger partial charge on any atom is -0.453 e. The predicted molar refractivity (Wildman–Crippen MR) is 61.3 cm³/mol. The molecule has 0 bridgehead atoms. The first-order chi connectivity index (χ1) is 7.76. The Morgan fingerprint density at radius 1 is 1.50 bits per heavy atom. The van der Waals surface area contributed by atoms with Gasteiger partial charge < -0.3 is 20.1 Å². The summed E-state index contributed by atoms with van der Waals surface area (Å²) >= 11 is 0. The monoisotopic (exact) mass is 230 g/mol. The standard InChI is InChI=1S/C11H22N2O3/c1-16-11(15)12-10-5-7-13(9-10)6-3-2-4-8-14/h10,14H,2-9H2,1H3,(H,12,15). The summed E-state index contributed by atoms with van der Waals surface area (Å²) in [6.45, 7) is 3.29. The van der Waals surface area contributed by atoms with Crippen LogP contribution in [0.1, 0.15) is 25.7 Å². The van der Waals surface area contributed by atoms with Gasteiger partial charge in [-0.1, -0.05) is 0 Å². The van der Waals surface area contributed by atoms with E-state index in [9.17, 15) is 4.79 Å². The molecular weight excluding hydrogens is 208 g/mol. The quantitative estimate of drug-likeness (QED) is 0.655. The van der Waals surface area contributed by atoms with Crippen LogP contribution in [0.5, 0.6) is 0 Å². The highest BCUT2D eigenvalue weighted by Crippen LogP contribution is 2.10. The summed E-state index contributed by atoms with van der Waals surface area (Å²) in [6.07, 6.45) is 3.73. The number of nitrogens with one attached hydrogen (secondary N) is 1. The number of aliphatic hydroxyl groups excluding tert-OH is 1. The molecule has 1 rings (SSSR count). The van der Waals surface area contributed by atoms with Crippen molar-refractivity contribution in [3.05, 3.63) is 0 Å². The zero-order chi connectivity index (χ0) is 11.8. The molecule has 0 aliphatic carbocycles. The normalized spacial score (nSPS) is 21.0. The molecule has 1 aliphatic rings. The SMILES string of the molecule is COC(=O)NC1CCN(CCCCCO)C1. The van der Waals surface area contributed by atoms with Crippen LogP contribution in [0.4, 0.5) is 4.79 Å². The van der Waals surface area contributed by atoms with Crippen molar-refractivity contribution in [1.82, 2.24) is 10.2 Å². The van der Waals surface area contributed by atoms with E-state index in [1.807, 2.05) is 0 Å². The van der Waals surface area contributed by atoms with Gasteiger partial charge >= 0.3 is 6.09 Å². The molecule has 5 nitrogen and oxygen atoms in total. The molecule has 0 aromatic heterocycles. The van der Waals surface area contributed by atoms with Crippen LogP contribution < -0.4 is 5.32 Å². The molecule has 1 unspecified atom stereocenters. The lowest BCUT2D eigenvalue weighted by atomic mass is 10.2. The second-order valence-corrected chi connectivity index (χ2v) is 4.21. The Morgan fingerprint density at radius 2 is 2.31 bits per heavy atom.